The molecule has 0 aliphatic heterocycles. The molecule has 0 aliphatic carbocycles. The fraction of sp³-hybridized carbons (Fsp3) is 0.0833. The van der Waals surface area contributed by atoms with Crippen LogP contribution < -0.4 is 5.56 Å². The quantitative estimate of drug-likeness (QED) is 0.576. The molecule has 2 heterocycles. The topological polar surface area (TPSA) is 74.4 Å². The largest absolute Gasteiger partial charge is 0.339 e. The Morgan fingerprint density at radius 2 is 2.25 bits per heavy atom. The molecule has 0 fully saturated rings. The summed E-state index contributed by atoms with van der Waals surface area (Å²) in [6, 6.07) is 4.50. The molecule has 0 aliphatic rings. The van der Waals surface area contributed by atoms with Crippen molar-refractivity contribution in [3.63, 3.8) is 0 Å². The number of aromatic amines is 2. The summed E-state index contributed by atoms with van der Waals surface area (Å²) in [7, 11) is 0. The van der Waals surface area contributed by atoms with Crippen molar-refractivity contribution in [3.05, 3.63) is 51.3 Å². The van der Waals surface area contributed by atoms with Crippen molar-refractivity contribution in [2.45, 2.75) is 10.9 Å². The molecule has 1 aromatic carbocycles. The van der Waals surface area contributed by atoms with E-state index in [0.717, 1.165) is 0 Å². The van der Waals surface area contributed by atoms with Gasteiger partial charge in [-0.25, -0.2) is 14.4 Å². The summed E-state index contributed by atoms with van der Waals surface area (Å²) in [5, 5.41) is 0.717. The zero-order valence-corrected chi connectivity index (χ0v) is 11.6. The Balaban J connectivity index is 1.88. The highest BCUT2D eigenvalue weighted by Gasteiger charge is 2.10. The molecule has 0 bridgehead atoms. The lowest BCUT2D eigenvalue weighted by atomic mass is 10.2. The number of rotatable bonds is 3. The molecule has 0 saturated carbocycles. The van der Waals surface area contributed by atoms with Gasteiger partial charge in [0, 0.05) is 16.3 Å². The minimum atomic E-state index is -0.381. The summed E-state index contributed by atoms with van der Waals surface area (Å²) in [6.07, 6.45) is 1.40. The molecule has 0 atom stereocenters. The number of fused-ring (bicyclic) bond motifs is 1. The van der Waals surface area contributed by atoms with Crippen LogP contribution in [0.3, 0.4) is 0 Å². The molecule has 0 saturated heterocycles. The van der Waals surface area contributed by atoms with E-state index in [-0.39, 0.29) is 17.1 Å². The van der Waals surface area contributed by atoms with Gasteiger partial charge in [0.2, 0.25) is 0 Å². The Morgan fingerprint density at radius 3 is 3.05 bits per heavy atom. The average molecular weight is 311 g/mol. The maximum absolute atomic E-state index is 13.6. The third-order valence-corrected chi connectivity index (χ3v) is 3.94. The van der Waals surface area contributed by atoms with Gasteiger partial charge in [0.25, 0.3) is 5.56 Å². The Morgan fingerprint density at radius 1 is 1.40 bits per heavy atom. The van der Waals surface area contributed by atoms with Crippen LogP contribution in [-0.4, -0.2) is 19.9 Å². The van der Waals surface area contributed by atoms with Gasteiger partial charge in [0.15, 0.2) is 16.3 Å². The van der Waals surface area contributed by atoms with Crippen LogP contribution >= 0.6 is 23.4 Å². The van der Waals surface area contributed by atoms with Crippen LogP contribution in [0, 0.1) is 5.82 Å². The summed E-state index contributed by atoms with van der Waals surface area (Å²) >= 11 is 7.13. The van der Waals surface area contributed by atoms with E-state index in [1.807, 2.05) is 0 Å². The van der Waals surface area contributed by atoms with Gasteiger partial charge >= 0.3 is 0 Å². The van der Waals surface area contributed by atoms with Gasteiger partial charge in [-0.3, -0.25) is 9.78 Å². The van der Waals surface area contributed by atoms with Crippen molar-refractivity contribution in [1.29, 1.82) is 0 Å². The fourth-order valence-electron chi connectivity index (χ4n) is 1.70. The van der Waals surface area contributed by atoms with Crippen LogP contribution in [0.15, 0.2) is 34.5 Å². The first-order valence-corrected chi connectivity index (χ1v) is 7.00. The van der Waals surface area contributed by atoms with E-state index in [2.05, 4.69) is 19.9 Å². The average Bonchev–Trinajstić information content (AvgIpc) is 2.87. The number of nitrogens with one attached hydrogen (secondary N) is 2. The van der Waals surface area contributed by atoms with E-state index >= 15 is 0 Å². The van der Waals surface area contributed by atoms with Gasteiger partial charge in [0.05, 0.1) is 6.33 Å². The first kappa shape index (κ1) is 13.1. The van der Waals surface area contributed by atoms with E-state index in [1.165, 1.54) is 24.2 Å². The second-order valence-corrected chi connectivity index (χ2v) is 5.33. The van der Waals surface area contributed by atoms with Crippen molar-refractivity contribution in [1.82, 2.24) is 19.9 Å². The second kappa shape index (κ2) is 5.26. The first-order chi connectivity index (χ1) is 9.65. The number of hydrogen-bond donors (Lipinski definition) is 2. The lowest BCUT2D eigenvalue weighted by Crippen LogP contribution is -2.09. The number of benzene rings is 1. The SMILES string of the molecule is O=c1[nH]c(SCc2c(F)cccc2Cl)nc2nc[nH]c12. The van der Waals surface area contributed by atoms with Gasteiger partial charge in [-0.1, -0.05) is 29.4 Å². The second-order valence-electron chi connectivity index (χ2n) is 3.96. The highest BCUT2D eigenvalue weighted by atomic mass is 35.5. The van der Waals surface area contributed by atoms with Crippen LogP contribution in [0.2, 0.25) is 5.02 Å². The summed E-state index contributed by atoms with van der Waals surface area (Å²) in [5.41, 5.74) is 0.715. The Bertz CT molecular complexity index is 811. The van der Waals surface area contributed by atoms with Crippen molar-refractivity contribution < 1.29 is 4.39 Å². The first-order valence-electron chi connectivity index (χ1n) is 5.64. The predicted octanol–water partition coefficient (Wildman–Crippen LogP) is 2.73. The monoisotopic (exact) mass is 310 g/mol. The lowest BCUT2D eigenvalue weighted by Gasteiger charge is -2.04. The standard InChI is InChI=1S/C12H8ClFN4OS/c13-7-2-1-3-8(14)6(7)4-20-12-17-10-9(11(19)18-12)15-5-16-10/h1-3,5H,4H2,(H2,15,16,17,18,19). The minimum Gasteiger partial charge on any atom is -0.339 e. The van der Waals surface area contributed by atoms with Crippen molar-refractivity contribution in [2.75, 3.05) is 0 Å². The third-order valence-electron chi connectivity index (χ3n) is 2.69. The van der Waals surface area contributed by atoms with Crippen molar-refractivity contribution >= 4 is 34.5 Å². The molecule has 3 aromatic rings. The maximum Gasteiger partial charge on any atom is 0.277 e. The number of H-pyrrole nitrogens is 2. The molecular formula is C12H8ClFN4OS. The maximum atomic E-state index is 13.6. The fourth-order valence-corrected chi connectivity index (χ4v) is 2.90. The summed E-state index contributed by atoms with van der Waals surface area (Å²) in [4.78, 5) is 25.1. The van der Waals surface area contributed by atoms with Gasteiger partial charge < -0.3 is 4.98 Å². The molecule has 0 spiro atoms. The summed E-state index contributed by atoms with van der Waals surface area (Å²) < 4.78 is 13.6. The van der Waals surface area contributed by atoms with Crippen LogP contribution in [0.5, 0.6) is 0 Å². The van der Waals surface area contributed by atoms with Crippen molar-refractivity contribution in [3.8, 4) is 0 Å². The Labute approximate surface area is 121 Å². The number of thioether (sulfide) groups is 1. The van der Waals surface area contributed by atoms with Crippen LogP contribution in [-0.2, 0) is 5.75 Å². The molecule has 2 aromatic heterocycles. The Kier molecular flexibility index (Phi) is 3.45. The molecule has 5 nitrogen and oxygen atoms in total. The third kappa shape index (κ3) is 2.41. The summed E-state index contributed by atoms with van der Waals surface area (Å²) in [6.45, 7) is 0. The van der Waals surface area contributed by atoms with Crippen LogP contribution in [0.25, 0.3) is 11.2 Å². The zero-order chi connectivity index (χ0) is 14.1. The van der Waals surface area contributed by atoms with Gasteiger partial charge in [-0.2, -0.15) is 0 Å². The van der Waals surface area contributed by atoms with Gasteiger partial charge in [-0.15, -0.1) is 0 Å². The molecule has 20 heavy (non-hydrogen) atoms. The smallest absolute Gasteiger partial charge is 0.277 e. The van der Waals surface area contributed by atoms with E-state index in [1.54, 1.807) is 12.1 Å². The number of nitrogens with zero attached hydrogens (tertiary/aromatic N) is 2. The number of halogens is 2. The molecular weight excluding hydrogens is 303 g/mol. The molecule has 102 valence electrons. The van der Waals surface area contributed by atoms with Gasteiger partial charge in [0.1, 0.15) is 5.82 Å². The van der Waals surface area contributed by atoms with E-state index < -0.39 is 0 Å². The molecule has 0 unspecified atom stereocenters. The molecule has 3 rings (SSSR count). The van der Waals surface area contributed by atoms with E-state index in [9.17, 15) is 9.18 Å². The minimum absolute atomic E-state index is 0.268. The normalized spacial score (nSPS) is 11.1. The van der Waals surface area contributed by atoms with Gasteiger partial charge in [-0.05, 0) is 12.1 Å². The van der Waals surface area contributed by atoms with E-state index in [0.29, 0.717) is 26.9 Å². The lowest BCUT2D eigenvalue weighted by molar-refractivity contribution is 0.617. The summed E-state index contributed by atoms with van der Waals surface area (Å²) in [5.74, 6) is -0.113. The highest BCUT2D eigenvalue weighted by Crippen LogP contribution is 2.26. The number of imidazole rings is 1. The van der Waals surface area contributed by atoms with E-state index in [4.69, 9.17) is 11.6 Å². The predicted molar refractivity (Wildman–Crippen MR) is 75.5 cm³/mol. The van der Waals surface area contributed by atoms with Crippen molar-refractivity contribution in [2.24, 2.45) is 0 Å². The Hall–Kier alpha value is -1.86. The molecule has 8 heteroatoms. The molecule has 0 radical (unpaired) electrons. The highest BCUT2D eigenvalue weighted by molar-refractivity contribution is 7.98. The van der Waals surface area contributed by atoms with Crippen LogP contribution in [0.4, 0.5) is 4.39 Å². The zero-order valence-electron chi connectivity index (χ0n) is 9.98. The number of aromatic nitrogens is 4. The number of hydrogen-bond acceptors (Lipinski definition) is 4. The van der Waals surface area contributed by atoms with Crippen LogP contribution in [0.1, 0.15) is 5.56 Å². The molecule has 2 N–H and O–H groups in total. The molecule has 0 amide bonds.